The summed E-state index contributed by atoms with van der Waals surface area (Å²) in [7, 11) is 1.60. The summed E-state index contributed by atoms with van der Waals surface area (Å²) in [6.07, 6.45) is 2.12. The van der Waals surface area contributed by atoms with Crippen molar-refractivity contribution in [2.24, 2.45) is 5.92 Å². The summed E-state index contributed by atoms with van der Waals surface area (Å²) in [6, 6.07) is 14.9. The van der Waals surface area contributed by atoms with Crippen LogP contribution in [0.3, 0.4) is 0 Å². The van der Waals surface area contributed by atoms with Gasteiger partial charge in [-0.3, -0.25) is 9.59 Å². The van der Waals surface area contributed by atoms with Crippen molar-refractivity contribution in [3.05, 3.63) is 65.2 Å². The van der Waals surface area contributed by atoms with Crippen molar-refractivity contribution in [1.29, 1.82) is 0 Å². The highest BCUT2D eigenvalue weighted by Gasteiger charge is 2.32. The molecule has 6 heteroatoms. The number of hydrogen-bond donors (Lipinski definition) is 0. The van der Waals surface area contributed by atoms with Crippen LogP contribution in [0.4, 0.5) is 0 Å². The summed E-state index contributed by atoms with van der Waals surface area (Å²) in [4.78, 5) is 29.9. The molecule has 4 rings (SSSR count). The second-order valence-electron chi connectivity index (χ2n) is 8.50. The third-order valence-electron chi connectivity index (χ3n) is 5.93. The molecule has 164 valence electrons. The van der Waals surface area contributed by atoms with Crippen LogP contribution in [0.5, 0.6) is 5.75 Å². The van der Waals surface area contributed by atoms with Crippen molar-refractivity contribution in [3.8, 4) is 5.75 Å². The van der Waals surface area contributed by atoms with Gasteiger partial charge in [-0.1, -0.05) is 23.8 Å². The summed E-state index contributed by atoms with van der Waals surface area (Å²) in [5.74, 6) is 1.22. The molecule has 2 aromatic carbocycles. The molecule has 0 radical (unpaired) electrons. The molecule has 0 aromatic heterocycles. The number of benzene rings is 2. The van der Waals surface area contributed by atoms with Crippen LogP contribution in [-0.4, -0.2) is 67.6 Å². The first-order valence-corrected chi connectivity index (χ1v) is 10.9. The van der Waals surface area contributed by atoms with Gasteiger partial charge in [-0.15, -0.1) is 0 Å². The first kappa shape index (κ1) is 21.4. The summed E-state index contributed by atoms with van der Waals surface area (Å²) >= 11 is 0. The molecule has 1 aliphatic carbocycles. The van der Waals surface area contributed by atoms with Crippen LogP contribution in [0.15, 0.2) is 48.5 Å². The van der Waals surface area contributed by atoms with Gasteiger partial charge < -0.3 is 19.3 Å². The van der Waals surface area contributed by atoms with Gasteiger partial charge in [-0.2, -0.15) is 0 Å². The van der Waals surface area contributed by atoms with Crippen LogP contribution in [0.25, 0.3) is 0 Å². The van der Waals surface area contributed by atoms with Crippen LogP contribution in [-0.2, 0) is 4.74 Å². The average Bonchev–Trinajstić information content (AvgIpc) is 3.62. The van der Waals surface area contributed by atoms with Gasteiger partial charge in [0.15, 0.2) is 0 Å². The van der Waals surface area contributed by atoms with Crippen molar-refractivity contribution < 1.29 is 19.1 Å². The second-order valence-corrected chi connectivity index (χ2v) is 8.50. The predicted molar refractivity (Wildman–Crippen MR) is 118 cm³/mol. The third-order valence-corrected chi connectivity index (χ3v) is 5.93. The molecule has 6 nitrogen and oxygen atoms in total. The Hall–Kier alpha value is -2.86. The van der Waals surface area contributed by atoms with Gasteiger partial charge in [-0.25, -0.2) is 0 Å². The van der Waals surface area contributed by atoms with Gasteiger partial charge in [0.05, 0.1) is 19.8 Å². The van der Waals surface area contributed by atoms with E-state index < -0.39 is 0 Å². The number of hydrogen-bond acceptors (Lipinski definition) is 4. The highest BCUT2D eigenvalue weighted by molar-refractivity contribution is 5.95. The highest BCUT2D eigenvalue weighted by Crippen LogP contribution is 2.30. The number of ether oxygens (including phenoxy) is 2. The fourth-order valence-electron chi connectivity index (χ4n) is 3.93. The molecule has 1 saturated heterocycles. The zero-order chi connectivity index (χ0) is 21.8. The Kier molecular flexibility index (Phi) is 6.56. The topological polar surface area (TPSA) is 59.1 Å². The predicted octanol–water partition coefficient (Wildman–Crippen LogP) is 3.40. The molecule has 1 unspecified atom stereocenters. The molecule has 1 saturated carbocycles. The lowest BCUT2D eigenvalue weighted by atomic mass is 10.1. The minimum atomic E-state index is -0.198. The number of nitrogens with zero attached hydrogens (tertiary/aromatic N) is 2. The van der Waals surface area contributed by atoms with E-state index in [9.17, 15) is 9.59 Å². The van der Waals surface area contributed by atoms with Gasteiger partial charge in [0.25, 0.3) is 11.8 Å². The zero-order valence-corrected chi connectivity index (χ0v) is 18.3. The van der Waals surface area contributed by atoms with Crippen molar-refractivity contribution in [2.75, 3.05) is 39.9 Å². The van der Waals surface area contributed by atoms with Crippen molar-refractivity contribution in [1.82, 2.24) is 9.80 Å². The Balaban J connectivity index is 1.44. The summed E-state index contributed by atoms with van der Waals surface area (Å²) in [5, 5.41) is 0. The first-order chi connectivity index (χ1) is 15.0. The molecule has 2 amide bonds. The maximum Gasteiger partial charge on any atom is 0.254 e. The van der Waals surface area contributed by atoms with E-state index in [1.54, 1.807) is 13.2 Å². The molecular formula is C25H30N2O4. The van der Waals surface area contributed by atoms with Gasteiger partial charge >= 0.3 is 0 Å². The van der Waals surface area contributed by atoms with E-state index in [1.807, 2.05) is 59.2 Å². The molecule has 1 heterocycles. The largest absolute Gasteiger partial charge is 0.497 e. The molecule has 0 bridgehead atoms. The first-order valence-electron chi connectivity index (χ1n) is 10.9. The Labute approximate surface area is 183 Å². The number of carbonyl (C=O) groups is 2. The number of carbonyl (C=O) groups excluding carboxylic acids is 2. The standard InChI is InChI=1S/C25H30N2O4/c1-18-6-10-20(11-7-18)24(28)26-12-13-31-23(16-26)17-27(15-19-8-9-19)25(29)21-4-3-5-22(14-21)30-2/h3-7,10-11,14,19,23H,8-9,12-13,15-17H2,1-2H3. The van der Waals surface area contributed by atoms with Gasteiger partial charge in [0.1, 0.15) is 5.75 Å². The van der Waals surface area contributed by atoms with Gasteiger partial charge in [0, 0.05) is 37.3 Å². The van der Waals surface area contributed by atoms with E-state index in [0.29, 0.717) is 49.0 Å². The number of methoxy groups -OCH3 is 1. The Morgan fingerprint density at radius 3 is 2.58 bits per heavy atom. The maximum absolute atomic E-state index is 13.3. The van der Waals surface area contributed by atoms with E-state index in [2.05, 4.69) is 0 Å². The zero-order valence-electron chi connectivity index (χ0n) is 18.3. The van der Waals surface area contributed by atoms with Gasteiger partial charge in [0.2, 0.25) is 0 Å². The van der Waals surface area contributed by atoms with E-state index >= 15 is 0 Å². The summed E-state index contributed by atoms with van der Waals surface area (Å²) in [5.41, 5.74) is 2.43. The molecule has 2 aliphatic rings. The number of aryl methyl sites for hydroxylation is 1. The highest BCUT2D eigenvalue weighted by atomic mass is 16.5. The quantitative estimate of drug-likeness (QED) is 0.686. The second kappa shape index (κ2) is 9.52. The molecule has 31 heavy (non-hydrogen) atoms. The van der Waals surface area contributed by atoms with E-state index in [4.69, 9.17) is 9.47 Å². The lowest BCUT2D eigenvalue weighted by Gasteiger charge is -2.36. The summed E-state index contributed by atoms with van der Waals surface area (Å²) < 4.78 is 11.2. The Morgan fingerprint density at radius 1 is 1.10 bits per heavy atom. The smallest absolute Gasteiger partial charge is 0.254 e. The molecule has 0 N–H and O–H groups in total. The van der Waals surface area contributed by atoms with Crippen molar-refractivity contribution in [3.63, 3.8) is 0 Å². The molecule has 2 aromatic rings. The van der Waals surface area contributed by atoms with E-state index in [1.165, 1.54) is 0 Å². The van der Waals surface area contributed by atoms with Crippen molar-refractivity contribution >= 4 is 11.8 Å². The average molecular weight is 423 g/mol. The van der Waals surface area contributed by atoms with Crippen molar-refractivity contribution in [2.45, 2.75) is 25.9 Å². The molecule has 0 spiro atoms. The summed E-state index contributed by atoms with van der Waals surface area (Å²) in [6.45, 7) is 4.74. The Bertz CT molecular complexity index is 923. The lowest BCUT2D eigenvalue weighted by Crippen LogP contribution is -2.51. The fourth-order valence-corrected chi connectivity index (χ4v) is 3.93. The minimum Gasteiger partial charge on any atom is -0.497 e. The maximum atomic E-state index is 13.3. The number of rotatable bonds is 7. The monoisotopic (exact) mass is 422 g/mol. The van der Waals surface area contributed by atoms with Crippen LogP contribution in [0.2, 0.25) is 0 Å². The third kappa shape index (κ3) is 5.44. The normalized spacial score (nSPS) is 18.5. The van der Waals surface area contributed by atoms with Crippen LogP contribution in [0, 0.1) is 12.8 Å². The Morgan fingerprint density at radius 2 is 1.87 bits per heavy atom. The van der Waals surface area contributed by atoms with Crippen LogP contribution in [0.1, 0.15) is 39.1 Å². The molecule has 1 atom stereocenters. The number of amides is 2. The number of morpholine rings is 1. The minimum absolute atomic E-state index is 0.0150. The fraction of sp³-hybridized carbons (Fsp3) is 0.440. The molecular weight excluding hydrogens is 392 g/mol. The van der Waals surface area contributed by atoms with E-state index in [-0.39, 0.29) is 17.9 Å². The molecule has 2 fully saturated rings. The SMILES string of the molecule is COc1cccc(C(=O)N(CC2CC2)CC2CN(C(=O)c3ccc(C)cc3)CCO2)c1. The molecule has 1 aliphatic heterocycles. The van der Waals surface area contributed by atoms with E-state index in [0.717, 1.165) is 24.9 Å². The van der Waals surface area contributed by atoms with Crippen LogP contribution >= 0.6 is 0 Å². The van der Waals surface area contributed by atoms with Gasteiger partial charge in [-0.05, 0) is 56.0 Å². The lowest BCUT2D eigenvalue weighted by molar-refractivity contribution is -0.0335. The van der Waals surface area contributed by atoms with Crippen LogP contribution < -0.4 is 4.74 Å².